The number of ether oxygens (including phenoxy) is 1. The molecule has 0 radical (unpaired) electrons. The van der Waals surface area contributed by atoms with Gasteiger partial charge in [0, 0.05) is 30.6 Å². The highest BCUT2D eigenvalue weighted by molar-refractivity contribution is 5.37. The van der Waals surface area contributed by atoms with Gasteiger partial charge in [-0.25, -0.2) is 0 Å². The van der Waals surface area contributed by atoms with Gasteiger partial charge in [-0.2, -0.15) is 0 Å². The first-order valence-corrected chi connectivity index (χ1v) is 10.3. The normalized spacial score (nSPS) is 28.6. The van der Waals surface area contributed by atoms with Crippen LogP contribution in [0.25, 0.3) is 0 Å². The summed E-state index contributed by atoms with van der Waals surface area (Å²) in [6, 6.07) is 17.4. The summed E-state index contributed by atoms with van der Waals surface area (Å²) in [5, 5.41) is 11.4. The Kier molecular flexibility index (Phi) is 5.25. The van der Waals surface area contributed by atoms with Crippen LogP contribution in [0, 0.1) is 12.8 Å². The summed E-state index contributed by atoms with van der Waals surface area (Å²) in [5.41, 5.74) is 3.31. The zero-order valence-electron chi connectivity index (χ0n) is 16.5. The van der Waals surface area contributed by atoms with Crippen LogP contribution < -0.4 is 4.74 Å². The van der Waals surface area contributed by atoms with Crippen LogP contribution in [-0.4, -0.2) is 29.3 Å². The Morgan fingerprint density at radius 3 is 2.63 bits per heavy atom. The molecule has 1 N–H and O–H groups in total. The molecule has 4 rings (SSSR count). The third-order valence-corrected chi connectivity index (χ3v) is 6.64. The lowest BCUT2D eigenvalue weighted by Crippen LogP contribution is -2.54. The van der Waals surface area contributed by atoms with E-state index >= 15 is 0 Å². The van der Waals surface area contributed by atoms with Crippen molar-refractivity contribution in [2.24, 2.45) is 5.92 Å². The van der Waals surface area contributed by atoms with Crippen LogP contribution in [0.1, 0.15) is 54.8 Å². The van der Waals surface area contributed by atoms with Gasteiger partial charge in [0.15, 0.2) is 0 Å². The number of rotatable bonds is 4. The van der Waals surface area contributed by atoms with E-state index in [4.69, 9.17) is 4.74 Å². The van der Waals surface area contributed by atoms with Gasteiger partial charge in [0.05, 0.1) is 12.7 Å². The summed E-state index contributed by atoms with van der Waals surface area (Å²) in [5.74, 6) is 1.20. The molecule has 1 aliphatic carbocycles. The van der Waals surface area contributed by atoms with Crippen LogP contribution in [0.15, 0.2) is 48.5 Å². The molecular weight excluding hydrogens is 334 g/mol. The van der Waals surface area contributed by atoms with Crippen LogP contribution in [0.2, 0.25) is 0 Å². The molecule has 1 aliphatic heterocycles. The molecule has 1 heterocycles. The van der Waals surface area contributed by atoms with Gasteiger partial charge in [-0.3, -0.25) is 4.90 Å². The fourth-order valence-electron chi connectivity index (χ4n) is 5.17. The lowest BCUT2D eigenvalue weighted by molar-refractivity contribution is -0.126. The Hall–Kier alpha value is -1.84. The second-order valence-corrected chi connectivity index (χ2v) is 8.35. The molecule has 0 amide bonds. The molecule has 0 bridgehead atoms. The number of methoxy groups -OCH3 is 1. The average molecular weight is 366 g/mol. The van der Waals surface area contributed by atoms with E-state index in [2.05, 4.69) is 54.3 Å². The highest BCUT2D eigenvalue weighted by atomic mass is 16.5. The molecule has 27 heavy (non-hydrogen) atoms. The number of hydrogen-bond acceptors (Lipinski definition) is 3. The first kappa shape index (κ1) is 18.5. The minimum Gasteiger partial charge on any atom is -0.496 e. The quantitative estimate of drug-likeness (QED) is 0.839. The molecule has 2 aromatic rings. The van der Waals surface area contributed by atoms with E-state index in [1.54, 1.807) is 7.11 Å². The number of piperidine rings is 1. The number of aliphatic hydroxyl groups is 1. The number of fused-ring (bicyclic) bond motifs is 1. The largest absolute Gasteiger partial charge is 0.496 e. The first-order valence-electron chi connectivity index (χ1n) is 10.3. The summed E-state index contributed by atoms with van der Waals surface area (Å²) in [6.07, 6.45) is 5.24. The highest BCUT2D eigenvalue weighted by Gasteiger charge is 2.49. The van der Waals surface area contributed by atoms with Crippen molar-refractivity contribution >= 4 is 0 Å². The van der Waals surface area contributed by atoms with Crippen molar-refractivity contribution in [1.29, 1.82) is 0 Å². The van der Waals surface area contributed by atoms with Crippen LogP contribution >= 0.6 is 0 Å². The Labute approximate surface area is 163 Å². The lowest BCUT2D eigenvalue weighted by Gasteiger charge is -2.53. The molecular formula is C24H31NO2. The molecule has 2 aromatic carbocycles. The van der Waals surface area contributed by atoms with Crippen molar-refractivity contribution in [3.8, 4) is 5.75 Å². The van der Waals surface area contributed by atoms with E-state index in [1.807, 2.05) is 6.07 Å². The summed E-state index contributed by atoms with van der Waals surface area (Å²) in [7, 11) is 1.75. The van der Waals surface area contributed by atoms with E-state index in [0.717, 1.165) is 44.5 Å². The second-order valence-electron chi connectivity index (χ2n) is 8.35. The van der Waals surface area contributed by atoms with Gasteiger partial charge in [-0.05, 0) is 37.8 Å². The maximum absolute atomic E-state index is 11.4. The minimum absolute atomic E-state index is 0.196. The number of hydrogen-bond donors (Lipinski definition) is 1. The van der Waals surface area contributed by atoms with Gasteiger partial charge < -0.3 is 9.84 Å². The van der Waals surface area contributed by atoms with Crippen LogP contribution in [-0.2, 0) is 6.54 Å². The van der Waals surface area contributed by atoms with Gasteiger partial charge in [0.2, 0.25) is 0 Å². The van der Waals surface area contributed by atoms with Gasteiger partial charge in [-0.15, -0.1) is 0 Å². The van der Waals surface area contributed by atoms with Crippen LogP contribution in [0.5, 0.6) is 5.75 Å². The smallest absolute Gasteiger partial charge is 0.123 e. The van der Waals surface area contributed by atoms with E-state index in [9.17, 15) is 5.11 Å². The maximum Gasteiger partial charge on any atom is 0.123 e. The van der Waals surface area contributed by atoms with Crippen molar-refractivity contribution in [2.45, 2.75) is 57.2 Å². The molecule has 1 saturated heterocycles. The predicted molar refractivity (Wildman–Crippen MR) is 109 cm³/mol. The summed E-state index contributed by atoms with van der Waals surface area (Å²) in [6.45, 7) is 3.96. The van der Waals surface area contributed by atoms with Crippen molar-refractivity contribution in [3.05, 3.63) is 65.2 Å². The summed E-state index contributed by atoms with van der Waals surface area (Å²) < 4.78 is 5.72. The zero-order valence-corrected chi connectivity index (χ0v) is 16.5. The number of para-hydroxylation sites is 1. The van der Waals surface area contributed by atoms with Gasteiger partial charge in [0.25, 0.3) is 0 Å². The minimum atomic E-state index is -0.534. The van der Waals surface area contributed by atoms with Crippen molar-refractivity contribution in [2.75, 3.05) is 13.7 Å². The van der Waals surface area contributed by atoms with Gasteiger partial charge >= 0.3 is 0 Å². The second kappa shape index (κ2) is 7.65. The zero-order chi connectivity index (χ0) is 18.9. The Morgan fingerprint density at radius 1 is 1.07 bits per heavy atom. The Bertz CT molecular complexity index is 772. The summed E-state index contributed by atoms with van der Waals surface area (Å²) >= 11 is 0. The first-order chi connectivity index (χ1) is 13.1. The molecule has 0 spiro atoms. The third kappa shape index (κ3) is 3.63. The number of nitrogens with zero attached hydrogens (tertiary/aromatic N) is 1. The molecule has 2 fully saturated rings. The van der Waals surface area contributed by atoms with Crippen molar-refractivity contribution in [1.82, 2.24) is 4.90 Å². The standard InChI is InChI=1S/C24H31NO2/c1-18-10-12-19(13-11-18)17-25-16-15-24(26)14-6-5-8-21(24)23(25)20-7-3-4-9-22(20)27-2/h3-4,7,9-13,21,23,26H,5-6,8,14-17H2,1-2H3/t21-,23+,24+/m1/s1. The molecule has 0 aromatic heterocycles. The van der Waals surface area contributed by atoms with Crippen LogP contribution in [0.3, 0.4) is 0 Å². The van der Waals surface area contributed by atoms with E-state index in [-0.39, 0.29) is 12.0 Å². The summed E-state index contributed by atoms with van der Waals surface area (Å²) in [4.78, 5) is 2.56. The number of benzene rings is 2. The fourth-order valence-corrected chi connectivity index (χ4v) is 5.17. The molecule has 2 aliphatic rings. The number of aryl methyl sites for hydroxylation is 1. The SMILES string of the molecule is COc1ccccc1[C@H]1[C@H]2CCCC[C@]2(O)CCN1Cc1ccc(C)cc1. The third-order valence-electron chi connectivity index (χ3n) is 6.64. The lowest BCUT2D eigenvalue weighted by atomic mass is 9.66. The van der Waals surface area contributed by atoms with E-state index < -0.39 is 5.60 Å². The van der Waals surface area contributed by atoms with Gasteiger partial charge in [-0.1, -0.05) is 60.9 Å². The number of likely N-dealkylation sites (tertiary alicyclic amines) is 1. The average Bonchev–Trinajstić information content (AvgIpc) is 2.69. The Balaban J connectivity index is 1.71. The van der Waals surface area contributed by atoms with E-state index in [0.29, 0.717) is 0 Å². The monoisotopic (exact) mass is 365 g/mol. The predicted octanol–water partition coefficient (Wildman–Crippen LogP) is 4.87. The highest BCUT2D eigenvalue weighted by Crippen LogP contribution is 2.51. The van der Waals surface area contributed by atoms with Crippen LogP contribution in [0.4, 0.5) is 0 Å². The topological polar surface area (TPSA) is 32.7 Å². The Morgan fingerprint density at radius 2 is 1.85 bits per heavy atom. The molecule has 3 nitrogen and oxygen atoms in total. The van der Waals surface area contributed by atoms with E-state index in [1.165, 1.54) is 23.1 Å². The molecule has 144 valence electrons. The van der Waals surface area contributed by atoms with Crippen molar-refractivity contribution < 1.29 is 9.84 Å². The van der Waals surface area contributed by atoms with Crippen molar-refractivity contribution in [3.63, 3.8) is 0 Å². The van der Waals surface area contributed by atoms with Gasteiger partial charge in [0.1, 0.15) is 5.75 Å². The molecule has 1 saturated carbocycles. The fraction of sp³-hybridized carbons (Fsp3) is 0.500. The molecule has 3 heteroatoms. The molecule has 3 atom stereocenters. The maximum atomic E-state index is 11.4. The molecule has 0 unspecified atom stereocenters.